The van der Waals surface area contributed by atoms with Gasteiger partial charge in [-0.25, -0.2) is 4.79 Å². The second-order valence-electron chi connectivity index (χ2n) is 6.48. The average molecular weight is 388 g/mol. The average Bonchev–Trinajstić information content (AvgIpc) is 3.42. The third kappa shape index (κ3) is 4.92. The van der Waals surface area contributed by atoms with E-state index in [0.717, 1.165) is 11.1 Å². The standard InChI is InChI=1S/C21H20N6O2/c28-21(19-14-22-26(16-19)15-17-8-3-1-4-9-17)29-13-7-12-27-24-20(23-25-27)18-10-5-2-6-11-18/h1-6,8-11,14,16H,7,12-13,15H2. The summed E-state index contributed by atoms with van der Waals surface area (Å²) in [7, 11) is 0. The number of aryl methyl sites for hydroxylation is 1. The number of ether oxygens (including phenoxy) is 1. The number of tetrazole rings is 1. The van der Waals surface area contributed by atoms with Gasteiger partial charge in [-0.3, -0.25) is 4.68 Å². The summed E-state index contributed by atoms with van der Waals surface area (Å²) >= 11 is 0. The van der Waals surface area contributed by atoms with Crippen LogP contribution < -0.4 is 0 Å². The van der Waals surface area contributed by atoms with Crippen LogP contribution >= 0.6 is 0 Å². The summed E-state index contributed by atoms with van der Waals surface area (Å²) in [5.41, 5.74) is 2.47. The predicted octanol–water partition coefficient (Wildman–Crippen LogP) is 2.83. The highest BCUT2D eigenvalue weighted by atomic mass is 16.5. The molecule has 0 unspecified atom stereocenters. The zero-order valence-corrected chi connectivity index (χ0v) is 15.8. The quantitative estimate of drug-likeness (QED) is 0.341. The van der Waals surface area contributed by atoms with Crippen LogP contribution in [0.4, 0.5) is 0 Å². The van der Waals surface area contributed by atoms with Crippen LogP contribution in [0.3, 0.4) is 0 Å². The van der Waals surface area contributed by atoms with Gasteiger partial charge in [0.25, 0.3) is 0 Å². The first-order valence-corrected chi connectivity index (χ1v) is 9.35. The van der Waals surface area contributed by atoms with E-state index in [1.807, 2.05) is 60.7 Å². The lowest BCUT2D eigenvalue weighted by atomic mass is 10.2. The summed E-state index contributed by atoms with van der Waals surface area (Å²) in [5.74, 6) is 0.189. The molecule has 0 N–H and O–H groups in total. The molecule has 0 atom stereocenters. The van der Waals surface area contributed by atoms with Crippen molar-refractivity contribution in [3.8, 4) is 11.4 Å². The van der Waals surface area contributed by atoms with Crippen LogP contribution in [0.1, 0.15) is 22.3 Å². The van der Waals surface area contributed by atoms with Crippen LogP contribution in [0.15, 0.2) is 73.1 Å². The molecule has 0 aliphatic carbocycles. The van der Waals surface area contributed by atoms with Crippen LogP contribution in [0, 0.1) is 0 Å². The molecule has 146 valence electrons. The minimum atomic E-state index is -0.388. The summed E-state index contributed by atoms with van der Waals surface area (Å²) in [6, 6.07) is 19.6. The second-order valence-corrected chi connectivity index (χ2v) is 6.48. The van der Waals surface area contributed by atoms with Gasteiger partial charge in [0, 0.05) is 18.2 Å². The molecule has 8 heteroatoms. The normalized spacial score (nSPS) is 10.8. The molecular weight excluding hydrogens is 368 g/mol. The molecule has 0 bridgehead atoms. The molecule has 0 spiro atoms. The number of aromatic nitrogens is 6. The lowest BCUT2D eigenvalue weighted by Crippen LogP contribution is -2.10. The van der Waals surface area contributed by atoms with Crippen molar-refractivity contribution in [2.24, 2.45) is 0 Å². The molecule has 2 aromatic carbocycles. The van der Waals surface area contributed by atoms with Crippen molar-refractivity contribution in [3.05, 3.63) is 84.2 Å². The van der Waals surface area contributed by atoms with E-state index in [1.54, 1.807) is 10.9 Å². The Kier molecular flexibility index (Phi) is 5.70. The van der Waals surface area contributed by atoms with Crippen molar-refractivity contribution in [1.29, 1.82) is 0 Å². The molecule has 29 heavy (non-hydrogen) atoms. The van der Waals surface area contributed by atoms with Crippen LogP contribution in [0.25, 0.3) is 11.4 Å². The van der Waals surface area contributed by atoms with Gasteiger partial charge < -0.3 is 4.74 Å². The molecule has 0 saturated heterocycles. The Balaban J connectivity index is 1.23. The van der Waals surface area contributed by atoms with Gasteiger partial charge in [-0.2, -0.15) is 9.90 Å². The summed E-state index contributed by atoms with van der Waals surface area (Å²) < 4.78 is 7.04. The van der Waals surface area contributed by atoms with Crippen molar-refractivity contribution in [3.63, 3.8) is 0 Å². The smallest absolute Gasteiger partial charge is 0.341 e. The number of carbonyl (C=O) groups is 1. The summed E-state index contributed by atoms with van der Waals surface area (Å²) in [5, 5.41) is 16.6. The SMILES string of the molecule is O=C(OCCCn1nnc(-c2ccccc2)n1)c1cnn(Cc2ccccc2)c1. The van der Waals surface area contributed by atoms with Gasteiger partial charge >= 0.3 is 5.97 Å². The van der Waals surface area contributed by atoms with Crippen molar-refractivity contribution in [1.82, 2.24) is 30.0 Å². The topological polar surface area (TPSA) is 87.7 Å². The fourth-order valence-corrected chi connectivity index (χ4v) is 2.82. The Morgan fingerprint density at radius 1 is 1.00 bits per heavy atom. The van der Waals surface area contributed by atoms with Crippen molar-refractivity contribution >= 4 is 5.97 Å². The van der Waals surface area contributed by atoms with Crippen molar-refractivity contribution < 1.29 is 9.53 Å². The maximum absolute atomic E-state index is 12.2. The molecular formula is C21H20N6O2. The van der Waals surface area contributed by atoms with E-state index < -0.39 is 0 Å². The number of hydrogen-bond acceptors (Lipinski definition) is 6. The van der Waals surface area contributed by atoms with E-state index >= 15 is 0 Å². The monoisotopic (exact) mass is 388 g/mol. The van der Waals surface area contributed by atoms with Gasteiger partial charge in [-0.05, 0) is 10.8 Å². The van der Waals surface area contributed by atoms with E-state index in [4.69, 9.17) is 4.74 Å². The molecule has 0 fully saturated rings. The highest BCUT2D eigenvalue weighted by Gasteiger charge is 2.11. The van der Waals surface area contributed by atoms with Crippen molar-refractivity contribution in [2.45, 2.75) is 19.5 Å². The molecule has 0 aliphatic heterocycles. The molecule has 2 aromatic heterocycles. The van der Waals surface area contributed by atoms with Crippen LogP contribution in [0.5, 0.6) is 0 Å². The zero-order valence-electron chi connectivity index (χ0n) is 15.8. The summed E-state index contributed by atoms with van der Waals surface area (Å²) in [4.78, 5) is 13.7. The molecule has 4 aromatic rings. The lowest BCUT2D eigenvalue weighted by Gasteiger charge is -2.03. The maximum Gasteiger partial charge on any atom is 0.341 e. The largest absolute Gasteiger partial charge is 0.462 e. The van der Waals surface area contributed by atoms with Crippen LogP contribution in [-0.2, 0) is 17.8 Å². The highest BCUT2D eigenvalue weighted by molar-refractivity contribution is 5.88. The molecule has 0 amide bonds. The van der Waals surface area contributed by atoms with Gasteiger partial charge in [0.05, 0.1) is 31.5 Å². The number of nitrogens with zero attached hydrogens (tertiary/aromatic N) is 6. The first-order chi connectivity index (χ1) is 14.3. The fraction of sp³-hybridized carbons (Fsp3) is 0.190. The lowest BCUT2D eigenvalue weighted by molar-refractivity contribution is 0.0493. The Hall–Kier alpha value is -3.81. The van der Waals surface area contributed by atoms with Crippen molar-refractivity contribution in [2.75, 3.05) is 6.61 Å². The Bertz CT molecular complexity index is 1060. The molecule has 2 heterocycles. The van der Waals surface area contributed by atoms with Gasteiger partial charge in [0.1, 0.15) is 0 Å². The third-order valence-corrected chi connectivity index (χ3v) is 4.28. The fourth-order valence-electron chi connectivity index (χ4n) is 2.82. The van der Waals surface area contributed by atoms with E-state index in [2.05, 4.69) is 20.5 Å². The molecule has 0 saturated carbocycles. The third-order valence-electron chi connectivity index (χ3n) is 4.28. The van der Waals surface area contributed by atoms with Gasteiger partial charge in [-0.1, -0.05) is 60.7 Å². The van der Waals surface area contributed by atoms with Crippen LogP contribution in [-0.4, -0.2) is 42.6 Å². The molecule has 4 rings (SSSR count). The number of esters is 1. The summed E-state index contributed by atoms with van der Waals surface area (Å²) in [6.07, 6.45) is 3.81. The first kappa shape index (κ1) is 18.5. The van der Waals surface area contributed by atoms with E-state index in [-0.39, 0.29) is 12.6 Å². The molecule has 0 radical (unpaired) electrons. The number of carbonyl (C=O) groups excluding carboxylic acids is 1. The number of benzene rings is 2. The number of hydrogen-bond donors (Lipinski definition) is 0. The van der Waals surface area contributed by atoms with E-state index in [1.165, 1.54) is 11.0 Å². The molecule has 8 nitrogen and oxygen atoms in total. The summed E-state index contributed by atoms with van der Waals surface area (Å²) in [6.45, 7) is 1.39. The Morgan fingerprint density at radius 3 is 2.55 bits per heavy atom. The minimum Gasteiger partial charge on any atom is -0.462 e. The Morgan fingerprint density at radius 2 is 1.76 bits per heavy atom. The minimum absolute atomic E-state index is 0.269. The van der Waals surface area contributed by atoms with Gasteiger partial charge in [-0.15, -0.1) is 10.2 Å². The zero-order chi connectivity index (χ0) is 19.9. The molecule has 0 aliphatic rings. The van der Waals surface area contributed by atoms with E-state index in [0.29, 0.717) is 30.9 Å². The Labute approximate surface area is 167 Å². The van der Waals surface area contributed by atoms with Gasteiger partial charge in [0.2, 0.25) is 5.82 Å². The second kappa shape index (κ2) is 8.92. The van der Waals surface area contributed by atoms with E-state index in [9.17, 15) is 4.79 Å². The number of rotatable bonds is 8. The first-order valence-electron chi connectivity index (χ1n) is 9.35. The van der Waals surface area contributed by atoms with Gasteiger partial charge in [0.15, 0.2) is 0 Å². The maximum atomic E-state index is 12.2. The predicted molar refractivity (Wildman–Crippen MR) is 106 cm³/mol. The van der Waals surface area contributed by atoms with Crippen LogP contribution in [0.2, 0.25) is 0 Å². The highest BCUT2D eigenvalue weighted by Crippen LogP contribution is 2.12.